The van der Waals surface area contributed by atoms with Crippen molar-refractivity contribution in [1.82, 2.24) is 4.98 Å². The zero-order valence-electron chi connectivity index (χ0n) is 12.0. The molecule has 20 heavy (non-hydrogen) atoms. The van der Waals surface area contributed by atoms with Crippen LogP contribution in [0, 0.1) is 6.92 Å². The number of rotatable bonds is 2. The number of carbonyl (C=O) groups excluding carboxylic acids is 1. The quantitative estimate of drug-likeness (QED) is 0.769. The highest BCUT2D eigenvalue weighted by molar-refractivity contribution is 7.14. The maximum atomic E-state index is 11.8. The second-order valence-corrected chi connectivity index (χ2v) is 6.76. The summed E-state index contributed by atoms with van der Waals surface area (Å²) >= 11 is 7.67. The van der Waals surface area contributed by atoms with E-state index in [0.717, 1.165) is 10.4 Å². The Morgan fingerprint density at radius 1 is 1.45 bits per heavy atom. The Kier molecular flexibility index (Phi) is 3.93. The highest BCUT2D eigenvalue weighted by Gasteiger charge is 2.30. The van der Waals surface area contributed by atoms with Crippen molar-refractivity contribution in [3.05, 3.63) is 27.4 Å². The number of carbonyl (C=O) groups is 1. The fourth-order valence-electron chi connectivity index (χ4n) is 1.73. The van der Waals surface area contributed by atoms with Crippen LogP contribution in [0.15, 0.2) is 9.80 Å². The molecule has 4 nitrogen and oxygen atoms in total. The summed E-state index contributed by atoms with van der Waals surface area (Å²) in [5.41, 5.74) is 1.20. The van der Waals surface area contributed by atoms with Crippen LogP contribution in [0.2, 0.25) is 5.02 Å². The number of thiophene rings is 1. The molecule has 108 valence electrons. The highest BCUT2D eigenvalue weighted by atomic mass is 35.5. The van der Waals surface area contributed by atoms with Crippen LogP contribution in [-0.4, -0.2) is 18.1 Å². The van der Waals surface area contributed by atoms with Gasteiger partial charge in [-0.1, -0.05) is 32.4 Å². The molecule has 0 fully saturated rings. The summed E-state index contributed by atoms with van der Waals surface area (Å²) in [6.45, 7) is 7.80. The maximum absolute atomic E-state index is 11.8. The van der Waals surface area contributed by atoms with E-state index in [-0.39, 0.29) is 11.2 Å². The Hall–Kier alpha value is -1.33. The van der Waals surface area contributed by atoms with Gasteiger partial charge < -0.3 is 9.15 Å². The van der Waals surface area contributed by atoms with Crippen molar-refractivity contribution in [1.29, 1.82) is 0 Å². The molecule has 0 aliphatic heterocycles. The minimum absolute atomic E-state index is 0.136. The normalized spacial score (nSPS) is 11.7. The third-order valence-electron chi connectivity index (χ3n) is 2.80. The van der Waals surface area contributed by atoms with E-state index in [1.165, 1.54) is 18.4 Å². The molecule has 0 radical (unpaired) electrons. The lowest BCUT2D eigenvalue weighted by Crippen LogP contribution is -2.17. The third-order valence-corrected chi connectivity index (χ3v) is 4.49. The minimum Gasteiger partial charge on any atom is -0.463 e. The number of methoxy groups -OCH3 is 1. The summed E-state index contributed by atoms with van der Waals surface area (Å²) in [4.78, 5) is 17.0. The van der Waals surface area contributed by atoms with Crippen molar-refractivity contribution in [3.8, 4) is 10.8 Å². The van der Waals surface area contributed by atoms with E-state index >= 15 is 0 Å². The fourth-order valence-corrected chi connectivity index (χ4v) is 2.93. The van der Waals surface area contributed by atoms with Crippen molar-refractivity contribution >= 4 is 28.9 Å². The summed E-state index contributed by atoms with van der Waals surface area (Å²) in [5, 5.41) is 2.53. The van der Waals surface area contributed by atoms with Gasteiger partial charge in [-0.3, -0.25) is 0 Å². The van der Waals surface area contributed by atoms with Gasteiger partial charge in [-0.15, -0.1) is 11.3 Å². The molecule has 0 aromatic carbocycles. The van der Waals surface area contributed by atoms with E-state index in [0.29, 0.717) is 16.6 Å². The average Bonchev–Trinajstić information content (AvgIpc) is 2.93. The SMILES string of the molecule is COC(=O)c1oc(-c2scc(C)c2Cl)nc1C(C)(C)C. The Labute approximate surface area is 126 Å². The van der Waals surface area contributed by atoms with Gasteiger partial charge in [0.1, 0.15) is 10.6 Å². The van der Waals surface area contributed by atoms with Gasteiger partial charge >= 0.3 is 5.97 Å². The first-order chi connectivity index (χ1) is 9.25. The molecule has 0 amide bonds. The van der Waals surface area contributed by atoms with E-state index in [2.05, 4.69) is 4.98 Å². The molecule has 2 aromatic heterocycles. The predicted octanol–water partition coefficient (Wildman–Crippen LogP) is 4.45. The highest BCUT2D eigenvalue weighted by Crippen LogP contribution is 2.38. The van der Waals surface area contributed by atoms with Crippen molar-refractivity contribution < 1.29 is 13.9 Å². The Morgan fingerprint density at radius 3 is 2.55 bits per heavy atom. The molecule has 0 bridgehead atoms. The molecule has 6 heteroatoms. The lowest BCUT2D eigenvalue weighted by molar-refractivity contribution is 0.0562. The fraction of sp³-hybridized carbons (Fsp3) is 0.429. The zero-order valence-corrected chi connectivity index (χ0v) is 13.6. The van der Waals surface area contributed by atoms with Gasteiger partial charge in [0.05, 0.1) is 12.1 Å². The summed E-state index contributed by atoms with van der Waals surface area (Å²) in [6, 6.07) is 0. The molecule has 0 saturated heterocycles. The van der Waals surface area contributed by atoms with E-state index in [9.17, 15) is 4.79 Å². The van der Waals surface area contributed by atoms with Crippen molar-refractivity contribution in [2.75, 3.05) is 7.11 Å². The van der Waals surface area contributed by atoms with Crippen LogP contribution in [0.25, 0.3) is 10.8 Å². The first-order valence-electron chi connectivity index (χ1n) is 6.09. The van der Waals surface area contributed by atoms with Crippen LogP contribution in [-0.2, 0) is 10.2 Å². The van der Waals surface area contributed by atoms with Gasteiger partial charge in [0.15, 0.2) is 0 Å². The summed E-state index contributed by atoms with van der Waals surface area (Å²) in [6.07, 6.45) is 0. The zero-order chi connectivity index (χ0) is 15.1. The van der Waals surface area contributed by atoms with Gasteiger partial charge in [-0.25, -0.2) is 9.78 Å². The van der Waals surface area contributed by atoms with E-state index < -0.39 is 5.97 Å². The molecule has 2 rings (SSSR count). The van der Waals surface area contributed by atoms with Gasteiger partial charge in [0.2, 0.25) is 11.7 Å². The Morgan fingerprint density at radius 2 is 2.10 bits per heavy atom. The lowest BCUT2D eigenvalue weighted by Gasteiger charge is -2.15. The molecular weight excluding hydrogens is 298 g/mol. The van der Waals surface area contributed by atoms with Gasteiger partial charge in [0, 0.05) is 5.41 Å². The monoisotopic (exact) mass is 313 g/mol. The number of nitrogens with zero attached hydrogens (tertiary/aromatic N) is 1. The van der Waals surface area contributed by atoms with E-state index in [4.69, 9.17) is 20.8 Å². The number of aromatic nitrogens is 1. The van der Waals surface area contributed by atoms with Crippen LogP contribution in [0.3, 0.4) is 0 Å². The summed E-state index contributed by atoms with van der Waals surface area (Å²) in [7, 11) is 1.32. The molecule has 0 saturated carbocycles. The first kappa shape index (κ1) is 15.1. The standard InChI is InChI=1S/C14H16ClNO3S/c1-7-6-20-10(8(7)15)12-16-11(14(2,3)4)9(19-12)13(17)18-5/h6H,1-5H3. The molecule has 2 aromatic rings. The first-order valence-corrected chi connectivity index (χ1v) is 7.35. The second-order valence-electron chi connectivity index (χ2n) is 5.50. The van der Waals surface area contributed by atoms with Gasteiger partial charge in [0.25, 0.3) is 0 Å². The number of halogens is 1. The predicted molar refractivity (Wildman–Crippen MR) is 79.6 cm³/mol. The van der Waals surface area contributed by atoms with Crippen molar-refractivity contribution in [2.24, 2.45) is 0 Å². The van der Waals surface area contributed by atoms with Crippen LogP contribution in [0.4, 0.5) is 0 Å². The van der Waals surface area contributed by atoms with Gasteiger partial charge in [-0.2, -0.15) is 0 Å². The minimum atomic E-state index is -0.530. The number of ether oxygens (including phenoxy) is 1. The van der Waals surface area contributed by atoms with Crippen LogP contribution >= 0.6 is 22.9 Å². The molecule has 0 unspecified atom stereocenters. The Balaban J connectivity index is 2.60. The van der Waals surface area contributed by atoms with Crippen LogP contribution < -0.4 is 0 Å². The van der Waals surface area contributed by atoms with E-state index in [1.807, 2.05) is 33.1 Å². The largest absolute Gasteiger partial charge is 0.463 e. The molecule has 0 aliphatic rings. The van der Waals surface area contributed by atoms with Crippen LogP contribution in [0.1, 0.15) is 42.6 Å². The van der Waals surface area contributed by atoms with Crippen molar-refractivity contribution in [2.45, 2.75) is 33.1 Å². The Bertz CT molecular complexity index is 652. The molecular formula is C14H16ClNO3S. The van der Waals surface area contributed by atoms with E-state index in [1.54, 1.807) is 0 Å². The smallest absolute Gasteiger partial charge is 0.376 e. The van der Waals surface area contributed by atoms with Crippen molar-refractivity contribution in [3.63, 3.8) is 0 Å². The van der Waals surface area contributed by atoms with Crippen LogP contribution in [0.5, 0.6) is 0 Å². The maximum Gasteiger partial charge on any atom is 0.376 e. The number of aryl methyl sites for hydroxylation is 1. The molecule has 0 spiro atoms. The topological polar surface area (TPSA) is 52.3 Å². The average molecular weight is 314 g/mol. The lowest BCUT2D eigenvalue weighted by atomic mass is 9.91. The summed E-state index contributed by atoms with van der Waals surface area (Å²) < 4.78 is 10.4. The number of hydrogen-bond donors (Lipinski definition) is 0. The third kappa shape index (κ3) is 2.60. The molecule has 0 N–H and O–H groups in total. The molecule has 0 atom stereocenters. The second kappa shape index (κ2) is 5.22. The molecule has 0 aliphatic carbocycles. The molecule has 2 heterocycles. The summed E-state index contributed by atoms with van der Waals surface area (Å²) in [5.74, 6) is -0.0337. The number of oxazole rings is 1. The number of hydrogen-bond acceptors (Lipinski definition) is 5. The number of esters is 1. The van der Waals surface area contributed by atoms with Gasteiger partial charge in [-0.05, 0) is 17.9 Å².